The van der Waals surface area contributed by atoms with Crippen LogP contribution in [0.25, 0.3) is 0 Å². The van der Waals surface area contributed by atoms with Gasteiger partial charge in [0.2, 0.25) is 0 Å². The highest BCUT2D eigenvalue weighted by Gasteiger charge is 2.72. The minimum Gasteiger partial charge on any atom is -0.469 e. The van der Waals surface area contributed by atoms with Crippen LogP contribution in [0.4, 0.5) is 5.69 Å². The van der Waals surface area contributed by atoms with Crippen molar-refractivity contribution < 1.29 is 33.7 Å². The number of benzene rings is 1. The average molecular weight is 465 g/mol. The lowest BCUT2D eigenvalue weighted by molar-refractivity contribution is -0.156. The molecule has 2 bridgehead atoms. The summed E-state index contributed by atoms with van der Waals surface area (Å²) in [7, 11) is 6.28. The number of carbonyl (C=O) groups excluding carboxylic acids is 3. The van der Waals surface area contributed by atoms with Crippen molar-refractivity contribution in [3.05, 3.63) is 42.0 Å². The molecule has 10 heteroatoms. The second-order valence-corrected chi connectivity index (χ2v) is 9.16. The Morgan fingerprint density at radius 3 is 2.44 bits per heavy atom. The second kappa shape index (κ2) is 9.51. The number of rotatable bonds is 9. The molecule has 2 heterocycles. The molecule has 1 aromatic carbocycles. The molecule has 2 aliphatic rings. The van der Waals surface area contributed by atoms with Gasteiger partial charge in [0, 0.05) is 31.1 Å². The summed E-state index contributed by atoms with van der Waals surface area (Å²) in [5, 5.41) is 12.2. The van der Waals surface area contributed by atoms with Crippen LogP contribution in [0.3, 0.4) is 0 Å². The first kappa shape index (κ1) is 24.1. The Morgan fingerprint density at radius 1 is 1.19 bits per heavy atom. The van der Waals surface area contributed by atoms with E-state index in [1.165, 1.54) is 14.2 Å². The number of nitrogens with one attached hydrogen (secondary N) is 1. The first-order valence-corrected chi connectivity index (χ1v) is 11.1. The van der Waals surface area contributed by atoms with Crippen molar-refractivity contribution in [3.8, 4) is 0 Å². The van der Waals surface area contributed by atoms with Gasteiger partial charge in [0.25, 0.3) is 5.91 Å². The number of amides is 1. The number of hydrogen-bond donors (Lipinski definition) is 2. The summed E-state index contributed by atoms with van der Waals surface area (Å²) in [5.74, 6) is -2.52. The third-order valence-corrected chi connectivity index (χ3v) is 7.28. The summed E-state index contributed by atoms with van der Waals surface area (Å²) in [6.45, 7) is -0.243. The Morgan fingerprint density at radius 2 is 1.88 bits per heavy atom. The van der Waals surface area contributed by atoms with Crippen molar-refractivity contribution in [2.24, 2.45) is 5.92 Å². The number of anilines is 1. The van der Waals surface area contributed by atoms with Crippen LogP contribution < -0.4 is 10.2 Å². The molecule has 32 heavy (non-hydrogen) atoms. The van der Waals surface area contributed by atoms with Gasteiger partial charge in [-0.3, -0.25) is 14.4 Å². The Hall–Kier alpha value is -2.56. The van der Waals surface area contributed by atoms with E-state index in [-0.39, 0.29) is 24.8 Å². The van der Waals surface area contributed by atoms with Crippen LogP contribution in [-0.2, 0) is 23.8 Å². The highest BCUT2D eigenvalue weighted by Crippen LogP contribution is 2.56. The zero-order chi connectivity index (χ0) is 23.5. The van der Waals surface area contributed by atoms with Crippen LogP contribution in [0, 0.1) is 5.92 Å². The smallest absolute Gasteiger partial charge is 0.326 e. The van der Waals surface area contributed by atoms with Gasteiger partial charge in [-0.25, -0.2) is 0 Å². The third kappa shape index (κ3) is 3.98. The fourth-order valence-corrected chi connectivity index (χ4v) is 5.63. The lowest BCUT2D eigenvalue weighted by Gasteiger charge is -2.38. The van der Waals surface area contributed by atoms with Gasteiger partial charge in [0.15, 0.2) is 4.75 Å². The number of carbonyl (C=O) groups is 3. The van der Waals surface area contributed by atoms with Gasteiger partial charge in [-0.05, 0) is 24.3 Å². The van der Waals surface area contributed by atoms with Crippen molar-refractivity contribution in [2.45, 2.75) is 16.5 Å². The number of esters is 2. The number of fused-ring (bicyclic) bond motifs is 2. The fraction of sp³-hybridized carbons (Fsp3) is 0.500. The van der Waals surface area contributed by atoms with Crippen molar-refractivity contribution in [3.63, 3.8) is 0 Å². The van der Waals surface area contributed by atoms with Gasteiger partial charge in [-0.1, -0.05) is 12.2 Å². The van der Waals surface area contributed by atoms with Crippen molar-refractivity contribution in [1.82, 2.24) is 5.32 Å². The molecule has 3 rings (SSSR count). The number of thioether (sulfide) groups is 1. The van der Waals surface area contributed by atoms with E-state index in [1.807, 2.05) is 31.1 Å². The molecular formula is C22H28N2O7S. The number of hydrogen-bond acceptors (Lipinski definition) is 9. The maximum atomic E-state index is 12.9. The first-order chi connectivity index (χ1) is 15.3. The predicted octanol–water partition coefficient (Wildman–Crippen LogP) is 0.616. The van der Waals surface area contributed by atoms with Gasteiger partial charge in [-0.2, -0.15) is 0 Å². The number of ether oxygens (including phenoxy) is 3. The summed E-state index contributed by atoms with van der Waals surface area (Å²) in [5.41, 5.74) is 0.121. The highest BCUT2D eigenvalue weighted by molar-refractivity contribution is 8.01. The summed E-state index contributed by atoms with van der Waals surface area (Å²) in [4.78, 5) is 40.5. The minimum absolute atomic E-state index is 0.0491. The van der Waals surface area contributed by atoms with Crippen molar-refractivity contribution >= 4 is 35.3 Å². The number of nitrogens with zero attached hydrogens (tertiary/aromatic N) is 1. The van der Waals surface area contributed by atoms with Gasteiger partial charge in [0.1, 0.15) is 17.6 Å². The van der Waals surface area contributed by atoms with Crippen LogP contribution in [0.5, 0.6) is 0 Å². The number of aliphatic hydroxyl groups excluding tert-OH is 1. The first-order valence-electron chi connectivity index (χ1n) is 10.1. The monoisotopic (exact) mass is 464 g/mol. The predicted molar refractivity (Wildman–Crippen MR) is 120 cm³/mol. The molecule has 0 radical (unpaired) electrons. The molecule has 0 aliphatic carbocycles. The molecule has 2 aliphatic heterocycles. The van der Waals surface area contributed by atoms with E-state index in [0.29, 0.717) is 5.56 Å². The molecule has 1 fully saturated rings. The topological polar surface area (TPSA) is 114 Å². The van der Waals surface area contributed by atoms with E-state index in [0.717, 1.165) is 17.4 Å². The quantitative estimate of drug-likeness (QED) is 0.401. The summed E-state index contributed by atoms with van der Waals surface area (Å²) in [6.07, 6.45) is 2.61. The molecule has 1 aromatic rings. The van der Waals surface area contributed by atoms with Crippen LogP contribution >= 0.6 is 11.8 Å². The van der Waals surface area contributed by atoms with E-state index in [2.05, 4.69) is 5.32 Å². The standard InChI is InChI=1S/C22H28N2O7S/c1-24(2)15-7-5-14(6-8-15)18(26)23-13-21-10-9-16(31-21)22(20(28)30-4,32-12-11-25)17(21)19(27)29-3/h5-10,16-17,25H,11-13H2,1-4H3,(H,23,26)/t16-,17-,21-,22-/m1/s1. The lowest BCUT2D eigenvalue weighted by atomic mass is 9.74. The van der Waals surface area contributed by atoms with E-state index in [4.69, 9.17) is 14.2 Å². The number of methoxy groups -OCH3 is 2. The van der Waals surface area contributed by atoms with Crippen LogP contribution in [0.1, 0.15) is 10.4 Å². The molecule has 1 saturated heterocycles. The zero-order valence-corrected chi connectivity index (χ0v) is 19.3. The average Bonchev–Trinajstić information content (AvgIpc) is 3.35. The molecule has 174 valence electrons. The molecule has 0 aromatic heterocycles. The maximum absolute atomic E-state index is 12.9. The largest absolute Gasteiger partial charge is 0.469 e. The molecule has 0 unspecified atom stereocenters. The lowest BCUT2D eigenvalue weighted by Crippen LogP contribution is -2.58. The molecular weight excluding hydrogens is 436 g/mol. The van der Waals surface area contributed by atoms with Gasteiger partial charge >= 0.3 is 11.9 Å². The highest BCUT2D eigenvalue weighted by atomic mass is 32.2. The van der Waals surface area contributed by atoms with Crippen LogP contribution in [0.15, 0.2) is 36.4 Å². The normalized spacial score (nSPS) is 27.8. The Balaban J connectivity index is 1.88. The SMILES string of the molecule is COC(=O)[C@H]1[C@@](SCCO)(C(=O)OC)[C@H]2C=C[C@]1(CNC(=O)c1ccc(N(C)C)cc1)O2. The molecule has 1 amide bonds. The van der Waals surface area contributed by atoms with Gasteiger partial charge in [0.05, 0.1) is 27.4 Å². The number of aliphatic hydroxyl groups is 1. The summed E-state index contributed by atoms with van der Waals surface area (Å²) < 4.78 is 14.7. The molecule has 4 atom stereocenters. The van der Waals surface area contributed by atoms with Crippen LogP contribution in [-0.4, -0.2) is 86.6 Å². The van der Waals surface area contributed by atoms with E-state index in [1.54, 1.807) is 24.3 Å². The Kier molecular flexibility index (Phi) is 7.16. The second-order valence-electron chi connectivity index (χ2n) is 7.79. The zero-order valence-electron chi connectivity index (χ0n) is 18.5. The molecule has 0 saturated carbocycles. The van der Waals surface area contributed by atoms with Gasteiger partial charge < -0.3 is 29.5 Å². The summed E-state index contributed by atoms with van der Waals surface area (Å²) in [6, 6.07) is 7.07. The molecule has 2 N–H and O–H groups in total. The van der Waals surface area contributed by atoms with E-state index >= 15 is 0 Å². The van der Waals surface area contributed by atoms with Crippen LogP contribution in [0.2, 0.25) is 0 Å². The maximum Gasteiger partial charge on any atom is 0.326 e. The van der Waals surface area contributed by atoms with E-state index in [9.17, 15) is 19.5 Å². The Labute approximate surface area is 191 Å². The molecule has 0 spiro atoms. The third-order valence-electron chi connectivity index (χ3n) is 5.78. The van der Waals surface area contributed by atoms with Gasteiger partial charge in [-0.15, -0.1) is 11.8 Å². The summed E-state index contributed by atoms with van der Waals surface area (Å²) >= 11 is 1.09. The fourth-order valence-electron chi connectivity index (χ4n) is 4.25. The van der Waals surface area contributed by atoms with Crippen molar-refractivity contribution in [2.75, 3.05) is 52.1 Å². The van der Waals surface area contributed by atoms with E-state index < -0.39 is 34.3 Å². The Bertz CT molecular complexity index is 904. The van der Waals surface area contributed by atoms with Crippen molar-refractivity contribution in [1.29, 1.82) is 0 Å². The minimum atomic E-state index is -1.43. The molecule has 9 nitrogen and oxygen atoms in total.